The third-order valence-electron chi connectivity index (χ3n) is 3.05. The Hall–Kier alpha value is -2.22. The van der Waals surface area contributed by atoms with Crippen molar-refractivity contribution in [2.24, 2.45) is 5.73 Å². The van der Waals surface area contributed by atoms with Gasteiger partial charge in [-0.15, -0.1) is 0 Å². The molecule has 0 aromatic heterocycles. The van der Waals surface area contributed by atoms with Crippen LogP contribution in [-0.2, 0) is 13.2 Å². The third-order valence-corrected chi connectivity index (χ3v) is 3.26. The molecule has 0 bridgehead atoms. The number of hydrogen-bond acceptors (Lipinski definition) is 4. The highest BCUT2D eigenvalue weighted by Crippen LogP contribution is 2.35. The quantitative estimate of drug-likeness (QED) is 0.920. The number of nitrogens with two attached hydrogens (primary N) is 1. The molecule has 0 aliphatic rings. The van der Waals surface area contributed by atoms with Crippen LogP contribution in [0.3, 0.4) is 0 Å². The largest absolute Gasteiger partial charge is 0.493 e. The number of halogens is 1. The summed E-state index contributed by atoms with van der Waals surface area (Å²) in [5.41, 5.74) is 7.87. The first kappa shape index (κ1) is 15.2. The summed E-state index contributed by atoms with van der Waals surface area (Å²) in [7, 11) is 1.54. The van der Waals surface area contributed by atoms with Gasteiger partial charge in [0.2, 0.25) is 0 Å². The Balaban J connectivity index is 2.30. The van der Waals surface area contributed by atoms with Gasteiger partial charge in [-0.25, -0.2) is 0 Å². The maximum atomic E-state index is 9.09. The highest BCUT2D eigenvalue weighted by Gasteiger charge is 2.13. The van der Waals surface area contributed by atoms with Crippen molar-refractivity contribution in [2.75, 3.05) is 7.11 Å². The van der Waals surface area contributed by atoms with Crippen LogP contribution < -0.4 is 15.2 Å². The molecule has 0 aliphatic heterocycles. The van der Waals surface area contributed by atoms with Crippen LogP contribution in [0.15, 0.2) is 36.4 Å². The molecule has 0 saturated heterocycles. The maximum Gasteiger partial charge on any atom is 0.166 e. The molecule has 0 unspecified atom stereocenters. The van der Waals surface area contributed by atoms with E-state index in [0.29, 0.717) is 22.1 Å². The number of nitriles is 1. The minimum Gasteiger partial charge on any atom is -0.493 e. The second-order valence-electron chi connectivity index (χ2n) is 4.36. The molecule has 0 heterocycles. The first-order valence-corrected chi connectivity index (χ1v) is 6.74. The van der Waals surface area contributed by atoms with E-state index in [0.717, 1.165) is 11.1 Å². The summed E-state index contributed by atoms with van der Waals surface area (Å²) in [4.78, 5) is 0. The van der Waals surface area contributed by atoms with Crippen molar-refractivity contribution in [3.63, 3.8) is 0 Å². The first-order valence-electron chi connectivity index (χ1n) is 6.37. The Morgan fingerprint density at radius 2 is 2.00 bits per heavy atom. The molecular formula is C16H15ClN2O2. The van der Waals surface area contributed by atoms with E-state index in [2.05, 4.69) is 6.07 Å². The summed E-state index contributed by atoms with van der Waals surface area (Å²) in [5, 5.41) is 9.62. The molecule has 2 aromatic carbocycles. The Bertz CT molecular complexity index is 655. The second-order valence-corrected chi connectivity index (χ2v) is 4.79. The smallest absolute Gasteiger partial charge is 0.166 e. The summed E-state index contributed by atoms with van der Waals surface area (Å²) in [6.07, 6.45) is 0. The van der Waals surface area contributed by atoms with Crippen LogP contribution in [0.1, 0.15) is 16.7 Å². The third kappa shape index (κ3) is 3.46. The fraction of sp³-hybridized carbons (Fsp3) is 0.188. The molecule has 0 radical (unpaired) electrons. The van der Waals surface area contributed by atoms with Gasteiger partial charge < -0.3 is 15.2 Å². The summed E-state index contributed by atoms with van der Waals surface area (Å²) >= 11 is 6.01. The van der Waals surface area contributed by atoms with Crippen molar-refractivity contribution in [2.45, 2.75) is 13.2 Å². The van der Waals surface area contributed by atoms with Crippen molar-refractivity contribution >= 4 is 11.6 Å². The Morgan fingerprint density at radius 1 is 1.24 bits per heavy atom. The molecule has 0 aliphatic carbocycles. The summed E-state index contributed by atoms with van der Waals surface area (Å²) < 4.78 is 11.1. The monoisotopic (exact) mass is 302 g/mol. The molecule has 0 atom stereocenters. The van der Waals surface area contributed by atoms with Gasteiger partial charge in [-0.05, 0) is 12.1 Å². The van der Waals surface area contributed by atoms with E-state index in [1.165, 1.54) is 0 Å². The van der Waals surface area contributed by atoms with Gasteiger partial charge in [-0.3, -0.25) is 0 Å². The molecule has 0 fully saturated rings. The molecule has 0 amide bonds. The van der Waals surface area contributed by atoms with Crippen LogP contribution in [0.4, 0.5) is 0 Å². The molecule has 0 saturated carbocycles. The predicted octanol–water partition coefficient (Wildman–Crippen LogP) is 3.26. The molecule has 2 N–H and O–H groups in total. The number of ether oxygens (including phenoxy) is 2. The van der Waals surface area contributed by atoms with E-state index in [1.54, 1.807) is 25.3 Å². The van der Waals surface area contributed by atoms with Crippen molar-refractivity contribution in [1.29, 1.82) is 5.26 Å². The predicted molar refractivity (Wildman–Crippen MR) is 81.4 cm³/mol. The van der Waals surface area contributed by atoms with Crippen LogP contribution in [0, 0.1) is 11.3 Å². The number of methoxy groups -OCH3 is 1. The lowest BCUT2D eigenvalue weighted by atomic mass is 10.1. The zero-order valence-electron chi connectivity index (χ0n) is 11.6. The number of nitrogens with zero attached hydrogens (tertiary/aromatic N) is 1. The highest BCUT2D eigenvalue weighted by molar-refractivity contribution is 6.30. The van der Waals surface area contributed by atoms with Crippen molar-refractivity contribution in [3.05, 3.63) is 58.1 Å². The topological polar surface area (TPSA) is 68.3 Å². The normalized spacial score (nSPS) is 10.0. The standard InChI is InChI=1S/C16H15ClN2O2/c1-20-15-7-14(17)6-13(9-19)16(15)21-10-12-5-3-2-4-11(12)8-18/h2-7H,9-10,19H2,1H3. The molecule has 2 aromatic rings. The summed E-state index contributed by atoms with van der Waals surface area (Å²) in [6.45, 7) is 0.543. The van der Waals surface area contributed by atoms with Crippen molar-refractivity contribution < 1.29 is 9.47 Å². The molecule has 0 spiro atoms. The van der Waals surface area contributed by atoms with Crippen LogP contribution >= 0.6 is 11.6 Å². The minimum absolute atomic E-state index is 0.259. The average molecular weight is 303 g/mol. The van der Waals surface area contributed by atoms with Crippen LogP contribution in [0.2, 0.25) is 5.02 Å². The SMILES string of the molecule is COc1cc(Cl)cc(CN)c1OCc1ccccc1C#N. The lowest BCUT2D eigenvalue weighted by Gasteiger charge is -2.15. The Labute approximate surface area is 128 Å². The zero-order chi connectivity index (χ0) is 15.2. The lowest BCUT2D eigenvalue weighted by molar-refractivity contribution is 0.281. The zero-order valence-corrected chi connectivity index (χ0v) is 12.4. The van der Waals surface area contributed by atoms with Gasteiger partial charge >= 0.3 is 0 Å². The van der Waals surface area contributed by atoms with Gasteiger partial charge in [0, 0.05) is 28.8 Å². The summed E-state index contributed by atoms with van der Waals surface area (Å²) in [6, 6.07) is 12.8. The van der Waals surface area contributed by atoms with E-state index in [1.807, 2.05) is 18.2 Å². The molecule has 2 rings (SSSR count). The Kier molecular flexibility index (Phi) is 5.04. The second kappa shape index (κ2) is 6.98. The first-order chi connectivity index (χ1) is 10.2. The number of hydrogen-bond donors (Lipinski definition) is 1. The van der Waals surface area contributed by atoms with Gasteiger partial charge in [0.15, 0.2) is 11.5 Å². The highest BCUT2D eigenvalue weighted by atomic mass is 35.5. The van der Waals surface area contributed by atoms with E-state index in [-0.39, 0.29) is 13.2 Å². The van der Waals surface area contributed by atoms with Crippen molar-refractivity contribution in [1.82, 2.24) is 0 Å². The van der Waals surface area contributed by atoms with E-state index in [9.17, 15) is 0 Å². The van der Waals surface area contributed by atoms with Crippen LogP contribution in [0.5, 0.6) is 11.5 Å². The van der Waals surface area contributed by atoms with Gasteiger partial charge in [0.25, 0.3) is 0 Å². The minimum atomic E-state index is 0.259. The average Bonchev–Trinajstić information content (AvgIpc) is 2.52. The van der Waals surface area contributed by atoms with Gasteiger partial charge in [0.1, 0.15) is 6.61 Å². The van der Waals surface area contributed by atoms with E-state index >= 15 is 0 Å². The molecule has 5 heteroatoms. The Morgan fingerprint density at radius 3 is 2.67 bits per heavy atom. The van der Waals surface area contributed by atoms with Gasteiger partial charge in [-0.2, -0.15) is 5.26 Å². The van der Waals surface area contributed by atoms with Crippen LogP contribution in [-0.4, -0.2) is 7.11 Å². The fourth-order valence-corrected chi connectivity index (χ4v) is 2.23. The van der Waals surface area contributed by atoms with Crippen LogP contribution in [0.25, 0.3) is 0 Å². The number of rotatable bonds is 5. The molecule has 21 heavy (non-hydrogen) atoms. The van der Waals surface area contributed by atoms with E-state index in [4.69, 9.17) is 32.1 Å². The van der Waals surface area contributed by atoms with Gasteiger partial charge in [0.05, 0.1) is 18.7 Å². The molecule has 4 nitrogen and oxygen atoms in total. The van der Waals surface area contributed by atoms with E-state index < -0.39 is 0 Å². The lowest BCUT2D eigenvalue weighted by Crippen LogP contribution is -2.05. The van der Waals surface area contributed by atoms with Crippen molar-refractivity contribution in [3.8, 4) is 17.6 Å². The molecule has 108 valence electrons. The van der Waals surface area contributed by atoms with Gasteiger partial charge in [-0.1, -0.05) is 29.8 Å². The fourth-order valence-electron chi connectivity index (χ4n) is 1.99. The maximum absolute atomic E-state index is 9.09. The summed E-state index contributed by atoms with van der Waals surface area (Å²) in [5.74, 6) is 1.08. The number of benzene rings is 2. The molecular weight excluding hydrogens is 288 g/mol.